The maximum atomic E-state index is 5.75. The van der Waals surface area contributed by atoms with E-state index in [0.29, 0.717) is 0 Å². The first-order valence-corrected chi connectivity index (χ1v) is 7.93. The van der Waals surface area contributed by atoms with Gasteiger partial charge in [0, 0.05) is 6.42 Å². The van der Waals surface area contributed by atoms with Crippen LogP contribution in [0.2, 0.25) is 0 Å². The lowest BCUT2D eigenvalue weighted by Crippen LogP contribution is -1.85. The molecule has 2 aromatic rings. The largest absolute Gasteiger partial charge is 0.452 e. The van der Waals surface area contributed by atoms with Crippen LogP contribution in [0.3, 0.4) is 0 Å². The van der Waals surface area contributed by atoms with E-state index < -0.39 is 0 Å². The number of benzene rings is 1. The maximum Gasteiger partial charge on any atom is 0.184 e. The van der Waals surface area contributed by atoms with Gasteiger partial charge in [-0.25, -0.2) is 0 Å². The molecule has 0 N–H and O–H groups in total. The van der Waals surface area contributed by atoms with E-state index in [2.05, 4.69) is 50.9 Å². The van der Waals surface area contributed by atoms with Crippen molar-refractivity contribution in [2.45, 2.75) is 18.2 Å². The van der Waals surface area contributed by atoms with Crippen molar-refractivity contribution in [3.63, 3.8) is 0 Å². The molecule has 0 amide bonds. The summed E-state index contributed by atoms with van der Waals surface area (Å²) in [6.07, 6.45) is 0.810. The Morgan fingerprint density at radius 1 is 1.18 bits per heavy atom. The third-order valence-electron chi connectivity index (χ3n) is 2.33. The van der Waals surface area contributed by atoms with E-state index in [0.717, 1.165) is 32.0 Å². The number of hydrogen-bond donors (Lipinski definition) is 0. The summed E-state index contributed by atoms with van der Waals surface area (Å²) in [5.74, 6) is 2.00. The molecule has 2 rings (SSSR count). The van der Waals surface area contributed by atoms with Gasteiger partial charge in [-0.3, -0.25) is 0 Å². The van der Waals surface area contributed by atoms with Gasteiger partial charge in [-0.1, -0.05) is 37.3 Å². The van der Waals surface area contributed by atoms with E-state index in [-0.39, 0.29) is 0 Å². The summed E-state index contributed by atoms with van der Waals surface area (Å²) in [7, 11) is 0. The van der Waals surface area contributed by atoms with Crippen LogP contribution in [0.25, 0.3) is 0 Å². The third-order valence-corrected chi connectivity index (χ3v) is 5.22. The van der Waals surface area contributed by atoms with Gasteiger partial charge in [0.15, 0.2) is 4.67 Å². The topological polar surface area (TPSA) is 13.1 Å². The fraction of sp³-hybridized carbons (Fsp3) is 0.231. The molecule has 1 nitrogen and oxygen atoms in total. The number of rotatable bonds is 4. The van der Waals surface area contributed by atoms with Crippen LogP contribution in [0.4, 0.5) is 0 Å². The Morgan fingerprint density at radius 3 is 2.53 bits per heavy atom. The van der Waals surface area contributed by atoms with E-state index >= 15 is 0 Å². The van der Waals surface area contributed by atoms with Crippen LogP contribution in [0, 0.1) is 0 Å². The molecule has 0 unspecified atom stereocenters. The molecule has 0 aliphatic heterocycles. The van der Waals surface area contributed by atoms with Crippen molar-refractivity contribution in [1.29, 1.82) is 0 Å². The average molecular weight is 376 g/mol. The van der Waals surface area contributed by atoms with E-state index in [9.17, 15) is 0 Å². The van der Waals surface area contributed by atoms with Crippen LogP contribution >= 0.6 is 43.6 Å². The number of thioether (sulfide) groups is 1. The molecule has 0 aliphatic carbocycles. The molecule has 1 heterocycles. The lowest BCUT2D eigenvalue weighted by atomic mass is 10.1. The minimum Gasteiger partial charge on any atom is -0.452 e. The lowest BCUT2D eigenvalue weighted by Gasteiger charge is -1.98. The van der Waals surface area contributed by atoms with E-state index in [1.807, 2.05) is 18.2 Å². The summed E-state index contributed by atoms with van der Waals surface area (Å²) >= 11 is 8.85. The zero-order valence-corrected chi connectivity index (χ0v) is 13.4. The summed E-state index contributed by atoms with van der Waals surface area (Å²) in [5, 5.41) is 0. The van der Waals surface area contributed by atoms with Crippen molar-refractivity contribution in [2.24, 2.45) is 0 Å². The second-order valence-electron chi connectivity index (χ2n) is 3.54. The first-order valence-electron chi connectivity index (χ1n) is 5.35. The quantitative estimate of drug-likeness (QED) is 0.653. The Morgan fingerprint density at radius 2 is 1.88 bits per heavy atom. The van der Waals surface area contributed by atoms with Crippen LogP contribution in [-0.4, -0.2) is 5.75 Å². The van der Waals surface area contributed by atoms with Gasteiger partial charge < -0.3 is 4.42 Å². The van der Waals surface area contributed by atoms with Gasteiger partial charge >= 0.3 is 0 Å². The molecule has 0 saturated heterocycles. The Balaban J connectivity index is 2.25. The van der Waals surface area contributed by atoms with Crippen molar-refractivity contribution < 1.29 is 4.42 Å². The van der Waals surface area contributed by atoms with Gasteiger partial charge in [0.2, 0.25) is 0 Å². The molecule has 0 bridgehead atoms. The summed E-state index contributed by atoms with van der Waals surface area (Å²) in [5.41, 5.74) is 1.25. The highest BCUT2D eigenvalue weighted by Crippen LogP contribution is 2.40. The second kappa shape index (κ2) is 6.12. The zero-order chi connectivity index (χ0) is 12.3. The number of hydrogen-bond acceptors (Lipinski definition) is 2. The van der Waals surface area contributed by atoms with Crippen molar-refractivity contribution in [1.82, 2.24) is 0 Å². The van der Waals surface area contributed by atoms with Crippen molar-refractivity contribution in [3.05, 3.63) is 50.8 Å². The zero-order valence-electron chi connectivity index (χ0n) is 9.37. The summed E-state index contributed by atoms with van der Waals surface area (Å²) in [4.78, 5) is 1.15. The summed E-state index contributed by atoms with van der Waals surface area (Å²) < 4.78 is 7.64. The van der Waals surface area contributed by atoms with Crippen LogP contribution in [0.5, 0.6) is 0 Å². The number of halogens is 2. The molecule has 0 atom stereocenters. The van der Waals surface area contributed by atoms with Gasteiger partial charge in [0.1, 0.15) is 5.76 Å². The molecule has 0 radical (unpaired) electrons. The van der Waals surface area contributed by atoms with Crippen molar-refractivity contribution in [3.8, 4) is 0 Å². The first kappa shape index (κ1) is 13.2. The van der Waals surface area contributed by atoms with Gasteiger partial charge in [-0.15, -0.1) is 11.8 Å². The molecule has 0 spiro atoms. The minimum atomic E-state index is 0.810. The summed E-state index contributed by atoms with van der Waals surface area (Å²) in [6.45, 7) is 2.13. The molecular weight excluding hydrogens is 364 g/mol. The normalized spacial score (nSPS) is 10.8. The monoisotopic (exact) mass is 374 g/mol. The van der Waals surface area contributed by atoms with Crippen molar-refractivity contribution in [2.75, 3.05) is 5.75 Å². The van der Waals surface area contributed by atoms with Crippen LogP contribution in [0.15, 0.2) is 48.8 Å². The molecule has 0 fully saturated rings. The Bertz CT molecular complexity index is 494. The Kier molecular flexibility index (Phi) is 4.77. The Hall–Kier alpha value is -0.190. The highest BCUT2D eigenvalue weighted by molar-refractivity contribution is 9.11. The molecule has 4 heteroatoms. The fourth-order valence-electron chi connectivity index (χ4n) is 1.57. The Labute approximate surface area is 122 Å². The second-order valence-corrected chi connectivity index (χ2v) is 6.32. The van der Waals surface area contributed by atoms with Gasteiger partial charge in [0.25, 0.3) is 0 Å². The average Bonchev–Trinajstić information content (AvgIpc) is 2.59. The van der Waals surface area contributed by atoms with Gasteiger partial charge in [0.05, 0.1) is 9.37 Å². The van der Waals surface area contributed by atoms with Crippen LogP contribution < -0.4 is 0 Å². The highest BCUT2D eigenvalue weighted by Gasteiger charge is 2.16. The predicted octanol–water partition coefficient (Wildman–Crippen LogP) is 5.51. The SMILES string of the molecule is CCSc1c(Br)oc(Cc2ccccc2)c1Br. The molecule has 0 saturated carbocycles. The fourth-order valence-corrected chi connectivity index (χ4v) is 4.00. The van der Waals surface area contributed by atoms with Crippen molar-refractivity contribution >= 4 is 43.6 Å². The molecule has 1 aromatic heterocycles. The standard InChI is InChI=1S/C13H12Br2OS/c1-2-17-12-11(14)10(16-13(12)15)8-9-6-4-3-5-7-9/h3-7H,2,8H2,1H3. The maximum absolute atomic E-state index is 5.75. The molecule has 0 aliphatic rings. The van der Waals surface area contributed by atoms with E-state index in [4.69, 9.17) is 4.42 Å². The molecule has 90 valence electrons. The van der Waals surface area contributed by atoms with E-state index in [1.165, 1.54) is 5.56 Å². The lowest BCUT2D eigenvalue weighted by molar-refractivity contribution is 0.491. The van der Waals surface area contributed by atoms with Crippen LogP contribution in [0.1, 0.15) is 18.2 Å². The molecule has 17 heavy (non-hydrogen) atoms. The molecular formula is C13H12Br2OS. The predicted molar refractivity (Wildman–Crippen MR) is 79.8 cm³/mol. The van der Waals surface area contributed by atoms with Gasteiger partial charge in [-0.05, 0) is 43.2 Å². The van der Waals surface area contributed by atoms with E-state index in [1.54, 1.807) is 11.8 Å². The number of furan rings is 1. The summed E-state index contributed by atoms with van der Waals surface area (Å²) in [6, 6.07) is 10.3. The first-order chi connectivity index (χ1) is 8.22. The third kappa shape index (κ3) is 3.18. The van der Waals surface area contributed by atoms with Gasteiger partial charge in [-0.2, -0.15) is 0 Å². The van der Waals surface area contributed by atoms with Crippen LogP contribution in [-0.2, 0) is 6.42 Å². The minimum absolute atomic E-state index is 0.810. The molecule has 1 aromatic carbocycles. The smallest absolute Gasteiger partial charge is 0.184 e. The highest BCUT2D eigenvalue weighted by atomic mass is 79.9.